The molecule has 1 saturated carbocycles. The minimum Gasteiger partial charge on any atom is -0.478 e. The van der Waals surface area contributed by atoms with Crippen LogP contribution in [0.2, 0.25) is 5.02 Å². The first kappa shape index (κ1) is 22.1. The van der Waals surface area contributed by atoms with Gasteiger partial charge < -0.3 is 5.11 Å². The lowest BCUT2D eigenvalue weighted by Crippen LogP contribution is -2.01. The number of carboxylic acid groups (broad SMARTS) is 1. The summed E-state index contributed by atoms with van der Waals surface area (Å²) in [5.74, 6) is -1.00. The van der Waals surface area contributed by atoms with Crippen LogP contribution in [0.4, 0.5) is 4.39 Å². The van der Waals surface area contributed by atoms with Gasteiger partial charge >= 0.3 is 5.97 Å². The van der Waals surface area contributed by atoms with Gasteiger partial charge in [0.2, 0.25) is 0 Å². The van der Waals surface area contributed by atoms with Gasteiger partial charge in [-0.1, -0.05) is 41.9 Å². The Kier molecular flexibility index (Phi) is 5.80. The van der Waals surface area contributed by atoms with Crippen molar-refractivity contribution in [3.05, 3.63) is 106 Å². The van der Waals surface area contributed by atoms with Crippen molar-refractivity contribution < 1.29 is 14.3 Å². The monoisotopic (exact) mass is 472 g/mol. The number of allylic oxidation sites excluding steroid dienone is 1. The summed E-state index contributed by atoms with van der Waals surface area (Å²) in [4.78, 5) is 10.9. The zero-order valence-corrected chi connectivity index (χ0v) is 19.2. The zero-order chi connectivity index (χ0) is 23.8. The number of aryl methyl sites for hydroxylation is 1. The van der Waals surface area contributed by atoms with E-state index in [1.807, 2.05) is 55.5 Å². The molecule has 2 N–H and O–H groups in total. The number of aromatic nitrogens is 2. The Morgan fingerprint density at radius 1 is 1.12 bits per heavy atom. The van der Waals surface area contributed by atoms with Gasteiger partial charge in [0.15, 0.2) is 0 Å². The van der Waals surface area contributed by atoms with Crippen molar-refractivity contribution in [3.8, 4) is 0 Å². The molecule has 1 aromatic heterocycles. The van der Waals surface area contributed by atoms with Crippen LogP contribution in [0.15, 0.2) is 66.9 Å². The minimum atomic E-state index is -1.01. The third-order valence-corrected chi connectivity index (χ3v) is 6.41. The number of aliphatic carboxylic acids is 1. The van der Waals surface area contributed by atoms with E-state index in [0.717, 1.165) is 52.3 Å². The highest BCUT2D eigenvalue weighted by Crippen LogP contribution is 2.49. The van der Waals surface area contributed by atoms with E-state index in [4.69, 9.17) is 16.7 Å². The topological polar surface area (TPSA) is 66.0 Å². The average molecular weight is 473 g/mol. The predicted octanol–water partition coefficient (Wildman–Crippen LogP) is 7.13. The number of fused-ring (bicyclic) bond motifs is 1. The van der Waals surface area contributed by atoms with Gasteiger partial charge in [0.25, 0.3) is 0 Å². The quantitative estimate of drug-likeness (QED) is 0.231. The van der Waals surface area contributed by atoms with Crippen molar-refractivity contribution in [1.29, 1.82) is 0 Å². The van der Waals surface area contributed by atoms with Gasteiger partial charge in [-0.3, -0.25) is 5.10 Å². The van der Waals surface area contributed by atoms with E-state index >= 15 is 4.39 Å². The Morgan fingerprint density at radius 2 is 1.85 bits per heavy atom. The van der Waals surface area contributed by atoms with Gasteiger partial charge in [-0.15, -0.1) is 0 Å². The van der Waals surface area contributed by atoms with Crippen LogP contribution in [0.5, 0.6) is 0 Å². The van der Waals surface area contributed by atoms with Crippen molar-refractivity contribution >= 4 is 45.7 Å². The first-order valence-corrected chi connectivity index (χ1v) is 11.4. The molecule has 170 valence electrons. The lowest BCUT2D eigenvalue weighted by Gasteiger charge is -2.20. The van der Waals surface area contributed by atoms with E-state index in [0.29, 0.717) is 27.4 Å². The Morgan fingerprint density at radius 3 is 2.53 bits per heavy atom. The average Bonchev–Trinajstić information content (AvgIpc) is 3.53. The lowest BCUT2D eigenvalue weighted by atomic mass is 9.84. The van der Waals surface area contributed by atoms with Crippen LogP contribution in [0.3, 0.4) is 0 Å². The highest BCUT2D eigenvalue weighted by Gasteiger charge is 2.32. The zero-order valence-electron chi connectivity index (χ0n) is 18.5. The minimum absolute atomic E-state index is 0.319. The molecule has 5 rings (SSSR count). The van der Waals surface area contributed by atoms with Crippen LogP contribution >= 0.6 is 11.6 Å². The predicted molar refractivity (Wildman–Crippen MR) is 134 cm³/mol. The molecule has 34 heavy (non-hydrogen) atoms. The third-order valence-electron chi connectivity index (χ3n) is 6.18. The number of H-pyrrole nitrogens is 1. The molecule has 0 saturated heterocycles. The highest BCUT2D eigenvalue weighted by molar-refractivity contribution is 6.30. The number of aromatic amines is 1. The fraction of sp³-hybridized carbons (Fsp3) is 0.143. The molecular weight excluding hydrogens is 451 g/mol. The fourth-order valence-electron chi connectivity index (χ4n) is 4.42. The third kappa shape index (κ3) is 4.27. The Bertz CT molecular complexity index is 1460. The Labute approximate surface area is 201 Å². The SMILES string of the molecule is Cc1cc(Cl)ccc1/C(=C(\c1ccc(/C=C/C(=O)O)cc1)c1ccc2[nH]ncc2c1F)C1CC1. The number of nitrogens with zero attached hydrogens (tertiary/aromatic N) is 1. The molecule has 0 radical (unpaired) electrons. The van der Waals surface area contributed by atoms with Gasteiger partial charge in [-0.25, -0.2) is 9.18 Å². The standard InChI is InChI=1S/C28H22ClFN2O2/c1-16-14-20(29)9-10-21(16)26(19-7-8-19)27(18-5-2-17(3-6-18)4-13-25(33)34)22-11-12-24-23(28(22)30)15-31-32-24/h2-6,9-15,19H,7-8H2,1H3,(H,31,32)(H,33,34)/b13-4+,27-26+. The van der Waals surface area contributed by atoms with E-state index in [1.165, 1.54) is 6.20 Å². The van der Waals surface area contributed by atoms with Gasteiger partial charge in [-0.05, 0) is 89.4 Å². The molecule has 0 aliphatic heterocycles. The second-order valence-electron chi connectivity index (χ2n) is 8.57. The normalized spacial score (nSPS) is 14.6. The summed E-state index contributed by atoms with van der Waals surface area (Å²) < 4.78 is 15.9. The van der Waals surface area contributed by atoms with Gasteiger partial charge in [0.05, 0.1) is 17.1 Å². The molecule has 0 amide bonds. The molecule has 1 fully saturated rings. The van der Waals surface area contributed by atoms with Gasteiger partial charge in [0.1, 0.15) is 5.82 Å². The number of hydrogen-bond acceptors (Lipinski definition) is 2. The molecule has 0 atom stereocenters. The van der Waals surface area contributed by atoms with Gasteiger partial charge in [-0.2, -0.15) is 5.10 Å². The molecule has 0 unspecified atom stereocenters. The molecule has 1 aliphatic rings. The second kappa shape index (κ2) is 8.92. The van der Waals surface area contributed by atoms with Crippen LogP contribution in [0.25, 0.3) is 28.1 Å². The molecule has 0 bridgehead atoms. The maximum atomic E-state index is 15.9. The molecule has 1 aliphatic carbocycles. The number of rotatable bonds is 6. The van der Waals surface area contributed by atoms with E-state index in [9.17, 15) is 4.79 Å². The van der Waals surface area contributed by atoms with Gasteiger partial charge in [0, 0.05) is 16.7 Å². The number of hydrogen-bond donors (Lipinski definition) is 2. The van der Waals surface area contributed by atoms with Crippen LogP contribution in [-0.4, -0.2) is 21.3 Å². The number of halogens is 2. The summed E-state index contributed by atoms with van der Waals surface area (Å²) in [5.41, 5.74) is 6.81. The van der Waals surface area contributed by atoms with Crippen molar-refractivity contribution in [2.45, 2.75) is 19.8 Å². The molecule has 4 aromatic rings. The molecule has 1 heterocycles. The molecule has 6 heteroatoms. The Balaban J connectivity index is 1.77. The second-order valence-corrected chi connectivity index (χ2v) is 9.01. The van der Waals surface area contributed by atoms with Crippen LogP contribution in [0.1, 0.15) is 40.7 Å². The number of nitrogens with one attached hydrogen (secondary N) is 1. The maximum Gasteiger partial charge on any atom is 0.328 e. The fourth-order valence-corrected chi connectivity index (χ4v) is 4.65. The van der Waals surface area contributed by atoms with Crippen molar-refractivity contribution in [2.75, 3.05) is 0 Å². The van der Waals surface area contributed by atoms with Crippen molar-refractivity contribution in [1.82, 2.24) is 10.2 Å². The summed E-state index contributed by atoms with van der Waals surface area (Å²) in [6.45, 7) is 2.02. The molecule has 4 nitrogen and oxygen atoms in total. The molecular formula is C28H22ClFN2O2. The van der Waals surface area contributed by atoms with E-state index in [1.54, 1.807) is 12.1 Å². The largest absolute Gasteiger partial charge is 0.478 e. The van der Waals surface area contributed by atoms with Crippen molar-refractivity contribution in [2.24, 2.45) is 5.92 Å². The smallest absolute Gasteiger partial charge is 0.328 e. The van der Waals surface area contributed by atoms with Crippen LogP contribution < -0.4 is 0 Å². The first-order chi connectivity index (χ1) is 16.4. The summed E-state index contributed by atoms with van der Waals surface area (Å²) >= 11 is 6.24. The molecule has 0 spiro atoms. The number of carbonyl (C=O) groups is 1. The van der Waals surface area contributed by atoms with E-state index < -0.39 is 5.97 Å². The van der Waals surface area contributed by atoms with Crippen molar-refractivity contribution in [3.63, 3.8) is 0 Å². The lowest BCUT2D eigenvalue weighted by molar-refractivity contribution is -0.131. The maximum absolute atomic E-state index is 15.9. The number of carboxylic acids is 1. The van der Waals surface area contributed by atoms with E-state index in [2.05, 4.69) is 10.2 Å². The summed E-state index contributed by atoms with van der Waals surface area (Å²) in [7, 11) is 0. The summed E-state index contributed by atoms with van der Waals surface area (Å²) in [6.07, 6.45) is 6.23. The van der Waals surface area contributed by atoms with Crippen LogP contribution in [-0.2, 0) is 4.79 Å². The number of benzene rings is 3. The summed E-state index contributed by atoms with van der Waals surface area (Å²) in [6, 6.07) is 17.0. The van der Waals surface area contributed by atoms with Crippen LogP contribution in [0, 0.1) is 18.7 Å². The van der Waals surface area contributed by atoms with E-state index in [-0.39, 0.29) is 5.82 Å². The highest BCUT2D eigenvalue weighted by atomic mass is 35.5. The first-order valence-electron chi connectivity index (χ1n) is 11.1. The molecule has 3 aromatic carbocycles. The Hall–Kier alpha value is -3.70. The summed E-state index contributed by atoms with van der Waals surface area (Å²) in [5, 5.41) is 16.9.